The van der Waals surface area contributed by atoms with E-state index in [0.717, 1.165) is 33.4 Å². The van der Waals surface area contributed by atoms with E-state index in [1.54, 1.807) is 36.2 Å². The third kappa shape index (κ3) is 4.44. The molecule has 184 valence electrons. The lowest BCUT2D eigenvalue weighted by Crippen LogP contribution is -2.13. The zero-order chi connectivity index (χ0) is 26.1. The Bertz CT molecular complexity index is 1740. The average molecular weight is 498 g/mol. The molecular weight excluding hydrogens is 472 g/mol. The summed E-state index contributed by atoms with van der Waals surface area (Å²) in [6.45, 7) is 0. The zero-order valence-electron chi connectivity index (χ0n) is 20.9. The van der Waals surface area contributed by atoms with Crippen LogP contribution in [0.1, 0.15) is 0 Å². The number of hydrogen-bond acceptors (Lipinski definition) is 1. The highest BCUT2D eigenvalue weighted by molar-refractivity contribution is 5.89. The molecule has 6 aromatic carbocycles. The number of benzene rings is 6. The molecule has 6 rings (SSSR count). The second kappa shape index (κ2) is 9.95. The number of rotatable bonds is 5. The van der Waals surface area contributed by atoms with Gasteiger partial charge in [-0.15, -0.1) is 0 Å². The summed E-state index contributed by atoms with van der Waals surface area (Å²) in [7, 11) is 1.69. The topological polar surface area (TPSA) is 3.24 Å². The van der Waals surface area contributed by atoms with Crippen LogP contribution >= 0.6 is 0 Å². The molecule has 3 heteroatoms. The largest absolute Gasteiger partial charge is 0.340 e. The minimum Gasteiger partial charge on any atom is -0.340 e. The molecule has 0 saturated heterocycles. The normalized spacial score (nSPS) is 11.0. The summed E-state index contributed by atoms with van der Waals surface area (Å²) in [6.07, 6.45) is 0. The van der Waals surface area contributed by atoms with Crippen molar-refractivity contribution in [3.05, 3.63) is 145 Å². The van der Waals surface area contributed by atoms with Crippen LogP contribution in [0, 0.1) is 11.6 Å². The van der Waals surface area contributed by atoms with E-state index in [2.05, 4.69) is 54.6 Å². The molecule has 0 amide bonds. The fraction of sp³-hybridized carbons (Fsp3) is 0.0286. The highest BCUT2D eigenvalue weighted by Crippen LogP contribution is 2.39. The van der Waals surface area contributed by atoms with E-state index in [9.17, 15) is 4.39 Å². The van der Waals surface area contributed by atoms with Gasteiger partial charge in [-0.2, -0.15) is 0 Å². The first-order valence-corrected chi connectivity index (χ1v) is 12.6. The lowest BCUT2D eigenvalue weighted by atomic mass is 9.92. The number of halogens is 2. The molecule has 0 N–H and O–H groups in total. The Hall–Kier alpha value is -4.76. The fourth-order valence-corrected chi connectivity index (χ4v) is 4.98. The summed E-state index contributed by atoms with van der Waals surface area (Å²) >= 11 is 0. The SMILES string of the molecule is CN(c1ccccc1F)c1cc(-c2ccc(-c3ccc4ccccc4c3)cc2)c(-c2ccccc2)cc1F. The van der Waals surface area contributed by atoms with Crippen molar-refractivity contribution in [1.82, 2.24) is 0 Å². The van der Waals surface area contributed by atoms with Gasteiger partial charge in [0.1, 0.15) is 11.6 Å². The molecule has 0 aliphatic heterocycles. The third-order valence-corrected chi connectivity index (χ3v) is 7.03. The van der Waals surface area contributed by atoms with Gasteiger partial charge in [0, 0.05) is 7.05 Å². The molecule has 0 radical (unpaired) electrons. The van der Waals surface area contributed by atoms with Crippen molar-refractivity contribution in [1.29, 1.82) is 0 Å². The quantitative estimate of drug-likeness (QED) is 0.229. The highest BCUT2D eigenvalue weighted by Gasteiger charge is 2.18. The number of para-hydroxylation sites is 1. The fourth-order valence-electron chi connectivity index (χ4n) is 4.98. The molecule has 0 saturated carbocycles. The van der Waals surface area contributed by atoms with Crippen LogP contribution in [0.15, 0.2) is 133 Å². The molecule has 6 aromatic rings. The van der Waals surface area contributed by atoms with Crippen molar-refractivity contribution in [3.63, 3.8) is 0 Å². The monoisotopic (exact) mass is 497 g/mol. The molecule has 0 heterocycles. The van der Waals surface area contributed by atoms with E-state index in [1.165, 1.54) is 16.8 Å². The van der Waals surface area contributed by atoms with Gasteiger partial charge in [0.25, 0.3) is 0 Å². The molecular formula is C35H25F2N. The van der Waals surface area contributed by atoms with E-state index >= 15 is 4.39 Å². The van der Waals surface area contributed by atoms with Crippen molar-refractivity contribution in [3.8, 4) is 33.4 Å². The predicted molar refractivity (Wildman–Crippen MR) is 155 cm³/mol. The summed E-state index contributed by atoms with van der Waals surface area (Å²) in [4.78, 5) is 1.56. The van der Waals surface area contributed by atoms with Gasteiger partial charge in [0.05, 0.1) is 11.4 Å². The van der Waals surface area contributed by atoms with Crippen molar-refractivity contribution in [2.75, 3.05) is 11.9 Å². The van der Waals surface area contributed by atoms with Gasteiger partial charge in [-0.05, 0) is 74.5 Å². The Balaban J connectivity index is 1.46. The van der Waals surface area contributed by atoms with Gasteiger partial charge >= 0.3 is 0 Å². The molecule has 1 nitrogen and oxygen atoms in total. The molecule has 0 unspecified atom stereocenters. The smallest absolute Gasteiger partial charge is 0.147 e. The van der Waals surface area contributed by atoms with E-state index < -0.39 is 11.6 Å². The minimum atomic E-state index is -0.411. The Morgan fingerprint density at radius 3 is 1.76 bits per heavy atom. The molecule has 0 aliphatic carbocycles. The van der Waals surface area contributed by atoms with Crippen molar-refractivity contribution < 1.29 is 8.78 Å². The Kier molecular flexibility index (Phi) is 6.19. The lowest BCUT2D eigenvalue weighted by Gasteiger charge is -2.23. The van der Waals surface area contributed by atoms with Crippen LogP contribution < -0.4 is 4.90 Å². The molecule has 0 fully saturated rings. The Morgan fingerprint density at radius 2 is 1.00 bits per heavy atom. The van der Waals surface area contributed by atoms with Gasteiger partial charge < -0.3 is 4.90 Å². The maximum absolute atomic E-state index is 15.5. The van der Waals surface area contributed by atoms with Crippen LogP contribution in [-0.2, 0) is 0 Å². The summed E-state index contributed by atoms with van der Waals surface area (Å²) in [5.74, 6) is -0.811. The molecule has 0 bridgehead atoms. The maximum atomic E-state index is 15.5. The standard InChI is InChI=1S/C35H25F2N/c1-38(34-14-8-7-13-32(34)36)35-23-31(30(22-33(35)37)26-10-3-2-4-11-26)27-18-15-25(16-19-27)29-20-17-24-9-5-6-12-28(24)21-29/h2-23H,1H3. The molecule has 0 aromatic heterocycles. The van der Waals surface area contributed by atoms with E-state index in [0.29, 0.717) is 11.4 Å². The van der Waals surface area contributed by atoms with Crippen LogP contribution in [0.4, 0.5) is 20.2 Å². The van der Waals surface area contributed by atoms with Crippen LogP contribution in [-0.4, -0.2) is 7.05 Å². The second-order valence-electron chi connectivity index (χ2n) is 9.36. The molecule has 0 spiro atoms. The second-order valence-corrected chi connectivity index (χ2v) is 9.36. The van der Waals surface area contributed by atoms with Crippen LogP contribution in [0.5, 0.6) is 0 Å². The third-order valence-electron chi connectivity index (χ3n) is 7.03. The first-order valence-electron chi connectivity index (χ1n) is 12.6. The van der Waals surface area contributed by atoms with Gasteiger partial charge in [-0.3, -0.25) is 0 Å². The molecule has 0 aliphatic rings. The molecule has 0 atom stereocenters. The summed E-state index contributed by atoms with van der Waals surface area (Å²) in [5, 5.41) is 2.40. The number of hydrogen-bond donors (Lipinski definition) is 0. The Morgan fingerprint density at radius 1 is 0.421 bits per heavy atom. The number of nitrogens with zero attached hydrogens (tertiary/aromatic N) is 1. The summed E-state index contributed by atoms with van der Waals surface area (Å²) < 4.78 is 30.1. The lowest BCUT2D eigenvalue weighted by molar-refractivity contribution is 0.618. The Labute approximate surface area is 221 Å². The zero-order valence-corrected chi connectivity index (χ0v) is 20.9. The van der Waals surface area contributed by atoms with Crippen molar-refractivity contribution in [2.24, 2.45) is 0 Å². The number of anilines is 2. The van der Waals surface area contributed by atoms with Crippen LogP contribution in [0.2, 0.25) is 0 Å². The first kappa shape index (κ1) is 23.6. The van der Waals surface area contributed by atoms with E-state index in [1.807, 2.05) is 48.5 Å². The summed E-state index contributed by atoms with van der Waals surface area (Å²) in [5.41, 5.74) is 6.40. The average Bonchev–Trinajstić information content (AvgIpc) is 2.97. The van der Waals surface area contributed by atoms with E-state index in [-0.39, 0.29) is 0 Å². The van der Waals surface area contributed by atoms with Crippen molar-refractivity contribution in [2.45, 2.75) is 0 Å². The van der Waals surface area contributed by atoms with Gasteiger partial charge in [0.15, 0.2) is 0 Å². The predicted octanol–water partition coefficient (Wildman–Crippen LogP) is 9.89. The van der Waals surface area contributed by atoms with Gasteiger partial charge in [0.2, 0.25) is 0 Å². The molecule has 38 heavy (non-hydrogen) atoms. The van der Waals surface area contributed by atoms with Crippen molar-refractivity contribution >= 4 is 22.1 Å². The minimum absolute atomic E-state index is 0.309. The van der Waals surface area contributed by atoms with Gasteiger partial charge in [-0.25, -0.2) is 8.78 Å². The van der Waals surface area contributed by atoms with Gasteiger partial charge in [-0.1, -0.05) is 103 Å². The highest BCUT2D eigenvalue weighted by atomic mass is 19.1. The van der Waals surface area contributed by atoms with Crippen LogP contribution in [0.3, 0.4) is 0 Å². The first-order chi connectivity index (χ1) is 18.6. The van der Waals surface area contributed by atoms with E-state index in [4.69, 9.17) is 0 Å². The van der Waals surface area contributed by atoms with Crippen LogP contribution in [0.25, 0.3) is 44.2 Å². The maximum Gasteiger partial charge on any atom is 0.147 e. The summed E-state index contributed by atoms with van der Waals surface area (Å²) in [6, 6.07) is 42.7. The number of fused-ring (bicyclic) bond motifs is 1.